The van der Waals surface area contributed by atoms with Crippen LogP contribution in [0.4, 0.5) is 5.69 Å². The quantitative estimate of drug-likeness (QED) is 0.576. The molecule has 5 heteroatoms. The summed E-state index contributed by atoms with van der Waals surface area (Å²) in [7, 11) is 0. The molecule has 0 aliphatic heterocycles. The van der Waals surface area contributed by atoms with Gasteiger partial charge in [-0.1, -0.05) is 6.07 Å². The third kappa shape index (κ3) is 3.61. The largest absolute Gasteiger partial charge is 0.465 e. The fraction of sp³-hybridized carbons (Fsp3) is 0.273. The lowest BCUT2D eigenvalue weighted by Gasteiger charge is -2.05. The third-order valence-corrected chi connectivity index (χ3v) is 1.85. The highest BCUT2D eigenvalue weighted by Crippen LogP contribution is 2.05. The van der Waals surface area contributed by atoms with Crippen LogP contribution >= 0.6 is 0 Å². The van der Waals surface area contributed by atoms with Crippen molar-refractivity contribution >= 4 is 17.6 Å². The lowest BCUT2D eigenvalue weighted by Crippen LogP contribution is -2.30. The molecule has 3 N–H and O–H groups in total. The van der Waals surface area contributed by atoms with Crippen molar-refractivity contribution < 1.29 is 14.3 Å². The molecule has 0 atom stereocenters. The number of esters is 1. The summed E-state index contributed by atoms with van der Waals surface area (Å²) in [6.07, 6.45) is 0. The number of ether oxygens (including phenoxy) is 1. The number of carbonyl (C=O) groups excluding carboxylic acids is 2. The average molecular weight is 222 g/mol. The Labute approximate surface area is 93.6 Å². The number of hydrogen-bond acceptors (Lipinski definition) is 4. The van der Waals surface area contributed by atoms with Gasteiger partial charge in [0.1, 0.15) is 6.54 Å². The minimum atomic E-state index is -0.459. The molecule has 5 nitrogen and oxygen atoms in total. The number of amides is 1. The first-order valence-electron chi connectivity index (χ1n) is 4.93. The van der Waals surface area contributed by atoms with Crippen LogP contribution in [0.15, 0.2) is 24.3 Å². The summed E-state index contributed by atoms with van der Waals surface area (Å²) in [6.45, 7) is 1.87. The molecule has 86 valence electrons. The van der Waals surface area contributed by atoms with Crippen LogP contribution in [-0.4, -0.2) is 25.0 Å². The van der Waals surface area contributed by atoms with Crippen molar-refractivity contribution in [2.75, 3.05) is 18.9 Å². The number of nitrogen functional groups attached to an aromatic ring is 1. The Hall–Kier alpha value is -2.04. The van der Waals surface area contributed by atoms with Gasteiger partial charge in [0.25, 0.3) is 5.91 Å². The molecular formula is C11H14N2O3. The third-order valence-electron chi connectivity index (χ3n) is 1.85. The van der Waals surface area contributed by atoms with Gasteiger partial charge in [-0.05, 0) is 25.1 Å². The van der Waals surface area contributed by atoms with Crippen LogP contribution in [0.25, 0.3) is 0 Å². The van der Waals surface area contributed by atoms with E-state index in [4.69, 9.17) is 5.73 Å². The van der Waals surface area contributed by atoms with E-state index in [-0.39, 0.29) is 12.5 Å². The van der Waals surface area contributed by atoms with Crippen LogP contribution in [0.2, 0.25) is 0 Å². The number of nitrogens with two attached hydrogens (primary N) is 1. The highest BCUT2D eigenvalue weighted by atomic mass is 16.5. The predicted octanol–water partition coefficient (Wildman–Crippen LogP) is 0.562. The molecule has 1 aromatic carbocycles. The smallest absolute Gasteiger partial charge is 0.325 e. The van der Waals surface area contributed by atoms with Crippen LogP contribution in [0.3, 0.4) is 0 Å². The summed E-state index contributed by atoms with van der Waals surface area (Å²) in [5, 5.41) is 2.44. The normalized spacial score (nSPS) is 9.56. The molecule has 0 spiro atoms. The Bertz CT molecular complexity index is 391. The maximum Gasteiger partial charge on any atom is 0.325 e. The Balaban J connectivity index is 2.50. The van der Waals surface area contributed by atoms with E-state index in [1.807, 2.05) is 0 Å². The van der Waals surface area contributed by atoms with E-state index in [0.717, 1.165) is 0 Å². The van der Waals surface area contributed by atoms with Gasteiger partial charge in [-0.2, -0.15) is 0 Å². The summed E-state index contributed by atoms with van der Waals surface area (Å²) in [4.78, 5) is 22.5. The van der Waals surface area contributed by atoms with E-state index in [1.165, 1.54) is 0 Å². The molecular weight excluding hydrogens is 208 g/mol. The van der Waals surface area contributed by atoms with Gasteiger partial charge in [0.2, 0.25) is 0 Å². The SMILES string of the molecule is CCOC(=O)CNC(=O)c1cccc(N)c1. The van der Waals surface area contributed by atoms with E-state index in [1.54, 1.807) is 31.2 Å². The minimum absolute atomic E-state index is 0.137. The lowest BCUT2D eigenvalue weighted by atomic mass is 10.2. The summed E-state index contributed by atoms with van der Waals surface area (Å²) in [5.41, 5.74) is 6.45. The van der Waals surface area contributed by atoms with Crippen LogP contribution in [0.5, 0.6) is 0 Å². The highest BCUT2D eigenvalue weighted by molar-refractivity contribution is 5.96. The van der Waals surface area contributed by atoms with Crippen molar-refractivity contribution in [2.24, 2.45) is 0 Å². The number of anilines is 1. The summed E-state index contributed by atoms with van der Waals surface area (Å²) in [6, 6.07) is 6.52. The summed E-state index contributed by atoms with van der Waals surface area (Å²) < 4.78 is 4.67. The molecule has 1 aromatic rings. The molecule has 0 bridgehead atoms. The highest BCUT2D eigenvalue weighted by Gasteiger charge is 2.08. The molecule has 0 saturated heterocycles. The second-order valence-electron chi connectivity index (χ2n) is 3.11. The molecule has 0 radical (unpaired) electrons. The molecule has 0 saturated carbocycles. The first-order valence-corrected chi connectivity index (χ1v) is 4.93. The molecule has 0 aromatic heterocycles. The molecule has 0 aliphatic carbocycles. The van der Waals surface area contributed by atoms with Crippen molar-refractivity contribution in [2.45, 2.75) is 6.92 Å². The maximum absolute atomic E-state index is 11.5. The van der Waals surface area contributed by atoms with E-state index >= 15 is 0 Å². The zero-order chi connectivity index (χ0) is 12.0. The van der Waals surface area contributed by atoms with Gasteiger partial charge in [-0.3, -0.25) is 9.59 Å². The number of carbonyl (C=O) groups is 2. The molecule has 1 amide bonds. The standard InChI is InChI=1S/C11H14N2O3/c1-2-16-10(14)7-13-11(15)8-4-3-5-9(12)6-8/h3-6H,2,7,12H2,1H3,(H,13,15). The van der Waals surface area contributed by atoms with Gasteiger partial charge in [-0.15, -0.1) is 0 Å². The van der Waals surface area contributed by atoms with E-state index < -0.39 is 5.97 Å². The Morgan fingerprint density at radius 2 is 2.19 bits per heavy atom. The Kier molecular flexibility index (Phi) is 4.32. The topological polar surface area (TPSA) is 81.4 Å². The molecule has 16 heavy (non-hydrogen) atoms. The zero-order valence-electron chi connectivity index (χ0n) is 9.03. The fourth-order valence-electron chi connectivity index (χ4n) is 1.15. The monoisotopic (exact) mass is 222 g/mol. The molecule has 1 rings (SSSR count). The number of rotatable bonds is 4. The van der Waals surface area contributed by atoms with Gasteiger partial charge in [-0.25, -0.2) is 0 Å². The van der Waals surface area contributed by atoms with Crippen molar-refractivity contribution in [3.05, 3.63) is 29.8 Å². The summed E-state index contributed by atoms with van der Waals surface area (Å²) in [5.74, 6) is -0.805. The Morgan fingerprint density at radius 1 is 1.44 bits per heavy atom. The zero-order valence-corrected chi connectivity index (χ0v) is 9.03. The number of benzene rings is 1. The molecule has 0 heterocycles. The van der Waals surface area contributed by atoms with Crippen molar-refractivity contribution in [1.82, 2.24) is 5.32 Å². The second kappa shape index (κ2) is 5.75. The second-order valence-corrected chi connectivity index (χ2v) is 3.11. The first-order chi connectivity index (χ1) is 7.63. The van der Waals surface area contributed by atoms with Gasteiger partial charge in [0.15, 0.2) is 0 Å². The Morgan fingerprint density at radius 3 is 2.81 bits per heavy atom. The van der Waals surface area contributed by atoms with Gasteiger partial charge in [0, 0.05) is 11.3 Å². The fourth-order valence-corrected chi connectivity index (χ4v) is 1.15. The predicted molar refractivity (Wildman–Crippen MR) is 59.8 cm³/mol. The van der Waals surface area contributed by atoms with Gasteiger partial charge >= 0.3 is 5.97 Å². The van der Waals surface area contributed by atoms with Crippen molar-refractivity contribution in [3.63, 3.8) is 0 Å². The van der Waals surface area contributed by atoms with Crippen molar-refractivity contribution in [1.29, 1.82) is 0 Å². The minimum Gasteiger partial charge on any atom is -0.465 e. The van der Waals surface area contributed by atoms with E-state index in [2.05, 4.69) is 10.1 Å². The maximum atomic E-state index is 11.5. The average Bonchev–Trinajstić information content (AvgIpc) is 2.26. The van der Waals surface area contributed by atoms with Gasteiger partial charge in [0.05, 0.1) is 6.61 Å². The van der Waals surface area contributed by atoms with Crippen LogP contribution in [-0.2, 0) is 9.53 Å². The van der Waals surface area contributed by atoms with E-state index in [0.29, 0.717) is 17.9 Å². The molecule has 0 fully saturated rings. The van der Waals surface area contributed by atoms with Crippen LogP contribution in [0.1, 0.15) is 17.3 Å². The first kappa shape index (κ1) is 12.0. The van der Waals surface area contributed by atoms with Crippen LogP contribution in [0, 0.1) is 0 Å². The lowest BCUT2D eigenvalue weighted by molar-refractivity contribution is -0.141. The van der Waals surface area contributed by atoms with E-state index in [9.17, 15) is 9.59 Å². The number of nitrogens with one attached hydrogen (secondary N) is 1. The number of hydrogen-bond donors (Lipinski definition) is 2. The summed E-state index contributed by atoms with van der Waals surface area (Å²) >= 11 is 0. The molecule has 0 unspecified atom stereocenters. The van der Waals surface area contributed by atoms with Crippen molar-refractivity contribution in [3.8, 4) is 0 Å². The molecule has 0 aliphatic rings. The van der Waals surface area contributed by atoms with Crippen LogP contribution < -0.4 is 11.1 Å². The van der Waals surface area contributed by atoms with Gasteiger partial charge < -0.3 is 15.8 Å².